The molecule has 58 heavy (non-hydrogen) atoms. The SMILES string of the molecule is CCc1nc2c(cnn2CC)c(NC2CCOCC2)c1CN(Cc1ccc(C)c(-c2cccc(CN3CCN(C(C)=O)CC3)c2)c1)C(=O)c1cc(C)cc(C(N)=O)c1. The summed E-state index contributed by atoms with van der Waals surface area (Å²) in [6.45, 7) is 16.4. The molecule has 2 saturated heterocycles. The number of anilines is 1. The second-order valence-corrected chi connectivity index (χ2v) is 15.7. The Morgan fingerprint density at radius 1 is 0.914 bits per heavy atom. The van der Waals surface area contributed by atoms with Gasteiger partial charge in [0.25, 0.3) is 5.91 Å². The van der Waals surface area contributed by atoms with Crippen LogP contribution in [-0.2, 0) is 42.1 Å². The van der Waals surface area contributed by atoms with Gasteiger partial charge in [0.1, 0.15) is 0 Å². The molecule has 7 rings (SSSR count). The molecule has 12 heteroatoms. The van der Waals surface area contributed by atoms with Crippen LogP contribution in [0.3, 0.4) is 0 Å². The molecule has 304 valence electrons. The quantitative estimate of drug-likeness (QED) is 0.138. The van der Waals surface area contributed by atoms with Crippen LogP contribution in [0, 0.1) is 13.8 Å². The predicted molar refractivity (Wildman–Crippen MR) is 227 cm³/mol. The Kier molecular flexibility index (Phi) is 12.5. The molecular weight excluding hydrogens is 729 g/mol. The van der Waals surface area contributed by atoms with Crippen molar-refractivity contribution >= 4 is 34.4 Å². The molecular formula is C46H56N8O4. The number of aromatic nitrogens is 3. The van der Waals surface area contributed by atoms with Crippen LogP contribution in [0.25, 0.3) is 22.2 Å². The van der Waals surface area contributed by atoms with Crippen molar-refractivity contribution in [2.75, 3.05) is 44.7 Å². The molecule has 0 unspecified atom stereocenters. The van der Waals surface area contributed by atoms with Gasteiger partial charge in [0.2, 0.25) is 11.8 Å². The first kappa shape index (κ1) is 40.6. The average Bonchev–Trinajstić information content (AvgIpc) is 3.65. The van der Waals surface area contributed by atoms with Crippen molar-refractivity contribution in [1.82, 2.24) is 29.5 Å². The average molecular weight is 785 g/mol. The minimum Gasteiger partial charge on any atom is -0.381 e. The molecule has 12 nitrogen and oxygen atoms in total. The van der Waals surface area contributed by atoms with E-state index in [1.54, 1.807) is 19.1 Å². The van der Waals surface area contributed by atoms with Crippen LogP contribution in [0.5, 0.6) is 0 Å². The molecule has 5 aromatic rings. The van der Waals surface area contributed by atoms with Crippen LogP contribution in [0.1, 0.15) is 87.8 Å². The number of nitrogens with two attached hydrogens (primary N) is 1. The number of fused-ring (bicyclic) bond motifs is 1. The van der Waals surface area contributed by atoms with E-state index in [4.69, 9.17) is 20.6 Å². The van der Waals surface area contributed by atoms with Crippen molar-refractivity contribution in [3.63, 3.8) is 0 Å². The number of ether oxygens (including phenoxy) is 1. The van der Waals surface area contributed by atoms with E-state index in [-0.39, 0.29) is 24.4 Å². The van der Waals surface area contributed by atoms with E-state index in [1.165, 1.54) is 5.56 Å². The van der Waals surface area contributed by atoms with Crippen LogP contribution in [0.4, 0.5) is 5.69 Å². The van der Waals surface area contributed by atoms with Gasteiger partial charge in [0.15, 0.2) is 5.65 Å². The van der Waals surface area contributed by atoms with Crippen molar-refractivity contribution in [1.29, 1.82) is 0 Å². The molecule has 0 atom stereocenters. The third kappa shape index (κ3) is 9.08. The summed E-state index contributed by atoms with van der Waals surface area (Å²) >= 11 is 0. The number of pyridine rings is 1. The van der Waals surface area contributed by atoms with Gasteiger partial charge in [-0.3, -0.25) is 19.3 Å². The van der Waals surface area contributed by atoms with Crippen LogP contribution in [-0.4, -0.2) is 92.6 Å². The number of rotatable bonds is 13. The molecule has 3 N–H and O–H groups in total. The van der Waals surface area contributed by atoms with Crippen molar-refractivity contribution in [2.24, 2.45) is 5.73 Å². The van der Waals surface area contributed by atoms with Gasteiger partial charge < -0.3 is 25.6 Å². The maximum absolute atomic E-state index is 14.9. The second kappa shape index (κ2) is 17.9. The highest BCUT2D eigenvalue weighted by Crippen LogP contribution is 2.34. The van der Waals surface area contributed by atoms with Crippen molar-refractivity contribution in [3.05, 3.63) is 111 Å². The lowest BCUT2D eigenvalue weighted by molar-refractivity contribution is -0.130. The standard InChI is InChI=1S/C46H56N8O4/c1-6-42-41(43(49-38-13-19-58-20-14-38)40-26-48-54(7-2)45(40)50-42)29-53(46(57)37-22-30(3)21-36(25-37)44(47)56)28-34-12-11-31(4)39(24-34)35-10-8-9-33(23-35)27-51-15-17-52(18-16-51)32(5)55/h8-12,21-26,38H,6-7,13-20,27-29H2,1-5H3,(H2,47,56)(H,49,50). The van der Waals surface area contributed by atoms with Crippen LogP contribution in [0.15, 0.2) is 66.9 Å². The summed E-state index contributed by atoms with van der Waals surface area (Å²) in [7, 11) is 0. The zero-order chi connectivity index (χ0) is 40.9. The van der Waals surface area contributed by atoms with Crippen LogP contribution >= 0.6 is 0 Å². The van der Waals surface area contributed by atoms with E-state index in [1.807, 2.05) is 33.7 Å². The van der Waals surface area contributed by atoms with E-state index in [0.717, 1.165) is 101 Å². The summed E-state index contributed by atoms with van der Waals surface area (Å²) in [5, 5.41) is 9.49. The molecule has 2 aliphatic heterocycles. The van der Waals surface area contributed by atoms with E-state index in [9.17, 15) is 14.4 Å². The van der Waals surface area contributed by atoms with Gasteiger partial charge in [0.05, 0.1) is 23.8 Å². The summed E-state index contributed by atoms with van der Waals surface area (Å²) in [6.07, 6.45) is 4.30. The number of nitrogens with zero attached hydrogens (tertiary/aromatic N) is 6. The molecule has 0 saturated carbocycles. The summed E-state index contributed by atoms with van der Waals surface area (Å²) in [5.74, 6) is -0.651. The monoisotopic (exact) mass is 784 g/mol. The molecule has 2 aliphatic rings. The number of carbonyl (C=O) groups excluding carboxylic acids is 3. The summed E-state index contributed by atoms with van der Waals surface area (Å²) in [6, 6.07) is 20.4. The fourth-order valence-electron chi connectivity index (χ4n) is 8.32. The Morgan fingerprint density at radius 3 is 2.38 bits per heavy atom. The zero-order valence-electron chi connectivity index (χ0n) is 34.5. The Morgan fingerprint density at radius 2 is 1.67 bits per heavy atom. The first-order valence-electron chi connectivity index (χ1n) is 20.6. The first-order valence-corrected chi connectivity index (χ1v) is 20.6. The number of aryl methyl sites for hydroxylation is 4. The Hall–Kier alpha value is -5.59. The largest absolute Gasteiger partial charge is 0.381 e. The van der Waals surface area contributed by atoms with Gasteiger partial charge in [-0.25, -0.2) is 9.67 Å². The highest BCUT2D eigenvalue weighted by Gasteiger charge is 2.27. The highest BCUT2D eigenvalue weighted by atomic mass is 16.5. The molecule has 2 fully saturated rings. The maximum Gasteiger partial charge on any atom is 0.254 e. The summed E-state index contributed by atoms with van der Waals surface area (Å²) < 4.78 is 7.62. The van der Waals surface area contributed by atoms with Gasteiger partial charge in [-0.15, -0.1) is 0 Å². The van der Waals surface area contributed by atoms with Gasteiger partial charge >= 0.3 is 0 Å². The smallest absolute Gasteiger partial charge is 0.254 e. The lowest BCUT2D eigenvalue weighted by Crippen LogP contribution is -2.47. The summed E-state index contributed by atoms with van der Waals surface area (Å²) in [5.41, 5.74) is 16.4. The highest BCUT2D eigenvalue weighted by molar-refractivity contribution is 6.00. The fraction of sp³-hybridized carbons (Fsp3) is 0.413. The molecule has 0 bridgehead atoms. The number of hydrogen-bond donors (Lipinski definition) is 2. The number of piperazine rings is 1. The first-order chi connectivity index (χ1) is 28.0. The van der Waals surface area contributed by atoms with Gasteiger partial charge in [-0.1, -0.05) is 37.3 Å². The van der Waals surface area contributed by atoms with Crippen LogP contribution in [0.2, 0.25) is 0 Å². The molecule has 0 radical (unpaired) electrons. The molecule has 3 amide bonds. The van der Waals surface area contributed by atoms with Crippen molar-refractivity contribution < 1.29 is 19.1 Å². The topological polar surface area (TPSA) is 139 Å². The van der Waals surface area contributed by atoms with Gasteiger partial charge in [-0.05, 0) is 104 Å². The van der Waals surface area contributed by atoms with E-state index < -0.39 is 5.91 Å². The predicted octanol–water partition coefficient (Wildman–Crippen LogP) is 6.49. The van der Waals surface area contributed by atoms with Crippen LogP contribution < -0.4 is 11.1 Å². The molecule has 3 aromatic carbocycles. The maximum atomic E-state index is 14.9. The molecule has 0 aliphatic carbocycles. The lowest BCUT2D eigenvalue weighted by Gasteiger charge is -2.34. The second-order valence-electron chi connectivity index (χ2n) is 15.7. The van der Waals surface area contributed by atoms with Gasteiger partial charge in [-0.2, -0.15) is 5.10 Å². The normalized spacial score (nSPS) is 15.2. The molecule has 0 spiro atoms. The van der Waals surface area contributed by atoms with Crippen molar-refractivity contribution in [2.45, 2.75) is 86.1 Å². The Labute approximate surface area is 341 Å². The van der Waals surface area contributed by atoms with Gasteiger partial charge in [0, 0.05) is 94.4 Å². The minimum atomic E-state index is -0.577. The Balaban J connectivity index is 1.26. The number of benzene rings is 3. The third-order valence-electron chi connectivity index (χ3n) is 11.6. The van der Waals surface area contributed by atoms with Crippen molar-refractivity contribution in [3.8, 4) is 11.1 Å². The lowest BCUT2D eigenvalue weighted by atomic mass is 9.96. The number of primary amides is 1. The summed E-state index contributed by atoms with van der Waals surface area (Å²) in [4.78, 5) is 50.5. The Bertz CT molecular complexity index is 2300. The zero-order valence-corrected chi connectivity index (χ0v) is 34.5. The molecule has 4 heterocycles. The number of carbonyl (C=O) groups is 3. The molecule has 2 aromatic heterocycles. The van der Waals surface area contributed by atoms with E-state index in [0.29, 0.717) is 43.9 Å². The fourth-order valence-corrected chi connectivity index (χ4v) is 8.32. The number of nitrogens with one attached hydrogen (secondary N) is 1. The third-order valence-corrected chi connectivity index (χ3v) is 11.6. The minimum absolute atomic E-state index is 0.131. The van der Waals surface area contributed by atoms with E-state index >= 15 is 0 Å². The van der Waals surface area contributed by atoms with E-state index in [2.05, 4.69) is 73.5 Å². The number of amides is 3. The number of hydrogen-bond acceptors (Lipinski definition) is 8.